The third-order valence-corrected chi connectivity index (χ3v) is 2.45. The van der Waals surface area contributed by atoms with E-state index in [0.29, 0.717) is 28.1 Å². The maximum absolute atomic E-state index is 5.85. The van der Waals surface area contributed by atoms with E-state index in [1.54, 1.807) is 25.3 Å². The van der Waals surface area contributed by atoms with E-state index in [4.69, 9.17) is 32.5 Å². The highest BCUT2D eigenvalue weighted by Crippen LogP contribution is 2.30. The molecule has 1 aromatic carbocycles. The fourth-order valence-corrected chi connectivity index (χ4v) is 1.54. The Morgan fingerprint density at radius 2 is 2.25 bits per heavy atom. The van der Waals surface area contributed by atoms with Gasteiger partial charge < -0.3 is 9.26 Å². The number of methoxy groups -OCH3 is 1. The Kier molecular flexibility index (Phi) is 3.31. The first-order valence-corrected chi connectivity index (χ1v) is 5.38. The van der Waals surface area contributed by atoms with Crippen LogP contribution in [0.4, 0.5) is 0 Å². The van der Waals surface area contributed by atoms with Gasteiger partial charge in [0.05, 0.1) is 12.7 Å². The summed E-state index contributed by atoms with van der Waals surface area (Å²) in [6, 6.07) is 5.19. The van der Waals surface area contributed by atoms with Gasteiger partial charge >= 0.3 is 0 Å². The van der Waals surface area contributed by atoms with Crippen LogP contribution in [0.25, 0.3) is 11.4 Å². The lowest BCUT2D eigenvalue weighted by atomic mass is 10.2. The van der Waals surface area contributed by atoms with E-state index in [-0.39, 0.29) is 5.88 Å². The van der Waals surface area contributed by atoms with Gasteiger partial charge in [0.1, 0.15) is 11.6 Å². The van der Waals surface area contributed by atoms with Crippen molar-refractivity contribution in [1.29, 1.82) is 0 Å². The molecule has 1 aromatic heterocycles. The quantitative estimate of drug-likeness (QED) is 0.794. The summed E-state index contributed by atoms with van der Waals surface area (Å²) in [7, 11) is 1.55. The molecule has 0 fully saturated rings. The third-order valence-electron chi connectivity index (χ3n) is 1.99. The van der Waals surface area contributed by atoms with Gasteiger partial charge in [-0.25, -0.2) is 0 Å². The molecule has 0 aliphatic carbocycles. The zero-order chi connectivity index (χ0) is 11.5. The molecule has 0 aliphatic rings. The van der Waals surface area contributed by atoms with E-state index in [2.05, 4.69) is 10.1 Å². The number of aromatic nitrogens is 2. The molecule has 0 atom stereocenters. The van der Waals surface area contributed by atoms with E-state index in [9.17, 15) is 0 Å². The predicted molar refractivity (Wildman–Crippen MR) is 60.9 cm³/mol. The Labute approximate surface area is 102 Å². The van der Waals surface area contributed by atoms with Crippen molar-refractivity contribution in [2.24, 2.45) is 0 Å². The minimum absolute atomic E-state index is 0.183. The van der Waals surface area contributed by atoms with E-state index in [1.807, 2.05) is 0 Å². The molecular formula is C10H8Cl2N2O2. The molecule has 0 unspecified atom stereocenters. The van der Waals surface area contributed by atoms with Gasteiger partial charge in [0.25, 0.3) is 0 Å². The summed E-state index contributed by atoms with van der Waals surface area (Å²) in [6.07, 6.45) is 0. The second-order valence-corrected chi connectivity index (χ2v) is 3.69. The number of benzene rings is 1. The van der Waals surface area contributed by atoms with Crippen LogP contribution in [-0.2, 0) is 5.88 Å². The van der Waals surface area contributed by atoms with Gasteiger partial charge in [0.15, 0.2) is 0 Å². The van der Waals surface area contributed by atoms with E-state index in [1.165, 1.54) is 0 Å². The Balaban J connectivity index is 2.46. The van der Waals surface area contributed by atoms with Crippen LogP contribution in [0, 0.1) is 0 Å². The summed E-state index contributed by atoms with van der Waals surface area (Å²) < 4.78 is 10.1. The molecule has 2 rings (SSSR count). The lowest BCUT2D eigenvalue weighted by Crippen LogP contribution is -1.89. The molecule has 1 heterocycles. The average molecular weight is 259 g/mol. The van der Waals surface area contributed by atoms with Crippen LogP contribution < -0.4 is 4.74 Å². The summed E-state index contributed by atoms with van der Waals surface area (Å²) in [4.78, 5) is 4.10. The molecule has 0 aliphatic heterocycles. The summed E-state index contributed by atoms with van der Waals surface area (Å²) in [5.41, 5.74) is 0.715. The van der Waals surface area contributed by atoms with Crippen LogP contribution >= 0.6 is 23.2 Å². The Hall–Kier alpha value is -1.26. The van der Waals surface area contributed by atoms with Crippen molar-refractivity contribution in [3.8, 4) is 17.1 Å². The zero-order valence-electron chi connectivity index (χ0n) is 8.41. The first kappa shape index (κ1) is 11.2. The van der Waals surface area contributed by atoms with E-state index in [0.717, 1.165) is 0 Å². The molecule has 16 heavy (non-hydrogen) atoms. The first-order chi connectivity index (χ1) is 7.74. The molecule has 0 bridgehead atoms. The summed E-state index contributed by atoms with van der Waals surface area (Å²) in [5, 5.41) is 4.39. The first-order valence-electron chi connectivity index (χ1n) is 4.47. The van der Waals surface area contributed by atoms with Crippen LogP contribution in [0.15, 0.2) is 22.7 Å². The number of hydrogen-bond acceptors (Lipinski definition) is 4. The van der Waals surface area contributed by atoms with Crippen LogP contribution in [-0.4, -0.2) is 17.3 Å². The molecule has 0 N–H and O–H groups in total. The molecule has 0 spiro atoms. The molecule has 6 heteroatoms. The average Bonchev–Trinajstić information content (AvgIpc) is 2.77. The normalized spacial score (nSPS) is 10.4. The summed E-state index contributed by atoms with van der Waals surface area (Å²) in [5.74, 6) is 1.58. The smallest absolute Gasteiger partial charge is 0.241 e. The number of nitrogens with zero attached hydrogens (tertiary/aromatic N) is 2. The highest BCUT2D eigenvalue weighted by molar-refractivity contribution is 6.30. The third kappa shape index (κ3) is 2.13. The number of ether oxygens (including phenoxy) is 1. The number of hydrogen-bond donors (Lipinski definition) is 0. The fourth-order valence-electron chi connectivity index (χ4n) is 1.27. The molecule has 84 valence electrons. The minimum Gasteiger partial charge on any atom is -0.496 e. The van der Waals surface area contributed by atoms with Crippen LogP contribution in [0.5, 0.6) is 5.75 Å². The SMILES string of the molecule is COc1cc(Cl)ccc1-c1noc(CCl)n1. The summed E-state index contributed by atoms with van der Waals surface area (Å²) >= 11 is 11.4. The molecule has 0 saturated heterocycles. The summed E-state index contributed by atoms with van der Waals surface area (Å²) in [6.45, 7) is 0. The lowest BCUT2D eigenvalue weighted by Gasteiger charge is -2.04. The van der Waals surface area contributed by atoms with E-state index >= 15 is 0 Å². The van der Waals surface area contributed by atoms with Gasteiger partial charge in [-0.2, -0.15) is 4.98 Å². The molecule has 0 saturated carbocycles. The maximum Gasteiger partial charge on any atom is 0.241 e. The molecule has 2 aromatic rings. The Bertz CT molecular complexity index is 499. The molecule has 4 nitrogen and oxygen atoms in total. The lowest BCUT2D eigenvalue weighted by molar-refractivity contribution is 0.389. The highest BCUT2D eigenvalue weighted by Gasteiger charge is 2.12. The number of alkyl halides is 1. The van der Waals surface area contributed by atoms with Gasteiger partial charge in [-0.3, -0.25) is 0 Å². The topological polar surface area (TPSA) is 48.2 Å². The highest BCUT2D eigenvalue weighted by atomic mass is 35.5. The van der Waals surface area contributed by atoms with Crippen molar-refractivity contribution in [3.05, 3.63) is 29.1 Å². The largest absolute Gasteiger partial charge is 0.496 e. The Morgan fingerprint density at radius 3 is 2.88 bits per heavy atom. The maximum atomic E-state index is 5.85. The monoisotopic (exact) mass is 258 g/mol. The van der Waals surface area contributed by atoms with Crippen molar-refractivity contribution in [1.82, 2.24) is 10.1 Å². The zero-order valence-corrected chi connectivity index (χ0v) is 9.92. The van der Waals surface area contributed by atoms with Crippen molar-refractivity contribution in [3.63, 3.8) is 0 Å². The van der Waals surface area contributed by atoms with Crippen molar-refractivity contribution < 1.29 is 9.26 Å². The molecular weight excluding hydrogens is 251 g/mol. The second-order valence-electron chi connectivity index (χ2n) is 2.99. The van der Waals surface area contributed by atoms with Crippen molar-refractivity contribution in [2.45, 2.75) is 5.88 Å². The van der Waals surface area contributed by atoms with E-state index < -0.39 is 0 Å². The number of halogens is 2. The van der Waals surface area contributed by atoms with Gasteiger partial charge in [0, 0.05) is 5.02 Å². The predicted octanol–water partition coefficient (Wildman–Crippen LogP) is 3.14. The molecule has 0 radical (unpaired) electrons. The van der Waals surface area contributed by atoms with Gasteiger partial charge in [-0.05, 0) is 18.2 Å². The van der Waals surface area contributed by atoms with Crippen LogP contribution in [0.3, 0.4) is 0 Å². The van der Waals surface area contributed by atoms with Crippen LogP contribution in [0.1, 0.15) is 5.89 Å². The van der Waals surface area contributed by atoms with Crippen LogP contribution in [0.2, 0.25) is 5.02 Å². The molecule has 0 amide bonds. The number of rotatable bonds is 3. The van der Waals surface area contributed by atoms with Crippen molar-refractivity contribution in [2.75, 3.05) is 7.11 Å². The van der Waals surface area contributed by atoms with Crippen molar-refractivity contribution >= 4 is 23.2 Å². The fraction of sp³-hybridized carbons (Fsp3) is 0.200. The standard InChI is InChI=1S/C10H8Cl2N2O2/c1-15-8-4-6(12)2-3-7(8)10-13-9(5-11)16-14-10/h2-4H,5H2,1H3. The second kappa shape index (κ2) is 4.72. The Morgan fingerprint density at radius 1 is 1.44 bits per heavy atom. The van der Waals surface area contributed by atoms with Gasteiger partial charge in [-0.1, -0.05) is 16.8 Å². The van der Waals surface area contributed by atoms with Gasteiger partial charge in [0.2, 0.25) is 11.7 Å². The van der Waals surface area contributed by atoms with Gasteiger partial charge in [-0.15, -0.1) is 11.6 Å². The minimum atomic E-state index is 0.183.